The van der Waals surface area contributed by atoms with Gasteiger partial charge in [-0.05, 0) is 23.8 Å². The van der Waals surface area contributed by atoms with E-state index in [0.29, 0.717) is 5.56 Å². The highest BCUT2D eigenvalue weighted by Crippen LogP contribution is 2.19. The molecule has 0 unspecified atom stereocenters. The second-order valence-electron chi connectivity index (χ2n) is 2.70. The van der Waals surface area contributed by atoms with E-state index < -0.39 is 17.8 Å². The molecule has 0 bridgehead atoms. The second kappa shape index (κ2) is 4.39. The Morgan fingerprint density at radius 3 is 2.71 bits per heavy atom. The van der Waals surface area contributed by atoms with Crippen LogP contribution in [0.5, 0.6) is 0 Å². The summed E-state index contributed by atoms with van der Waals surface area (Å²) in [6.45, 7) is 0. The molecule has 0 aromatic heterocycles. The minimum absolute atomic E-state index is 0.194. The molecule has 0 saturated heterocycles. The van der Waals surface area contributed by atoms with E-state index in [-0.39, 0.29) is 5.02 Å². The van der Waals surface area contributed by atoms with Crippen molar-refractivity contribution in [3.63, 3.8) is 0 Å². The van der Waals surface area contributed by atoms with Gasteiger partial charge in [0.05, 0.1) is 7.11 Å². The predicted molar refractivity (Wildman–Crippen MR) is 50.4 cm³/mol. The molecule has 0 heterocycles. The maximum atomic E-state index is 12.9. The molecule has 1 aromatic rings. The van der Waals surface area contributed by atoms with E-state index in [0.717, 1.165) is 12.1 Å². The van der Waals surface area contributed by atoms with E-state index in [4.69, 9.17) is 17.3 Å². The summed E-state index contributed by atoms with van der Waals surface area (Å²) in [6, 6.07) is 2.70. The van der Waals surface area contributed by atoms with Crippen LogP contribution in [0.25, 0.3) is 0 Å². The van der Waals surface area contributed by atoms with Gasteiger partial charge in [0.2, 0.25) is 0 Å². The van der Waals surface area contributed by atoms with E-state index >= 15 is 0 Å². The van der Waals surface area contributed by atoms with Crippen molar-refractivity contribution in [1.29, 1.82) is 0 Å². The molecule has 0 radical (unpaired) electrons. The van der Waals surface area contributed by atoms with Crippen molar-refractivity contribution in [2.45, 2.75) is 6.04 Å². The minimum atomic E-state index is -1.01. The molecular formula is C9H9ClFNO2. The summed E-state index contributed by atoms with van der Waals surface area (Å²) < 4.78 is 17.3. The number of halogens is 2. The van der Waals surface area contributed by atoms with Gasteiger partial charge in [-0.15, -0.1) is 0 Å². The van der Waals surface area contributed by atoms with Crippen molar-refractivity contribution < 1.29 is 13.9 Å². The molecular weight excluding hydrogens is 209 g/mol. The van der Waals surface area contributed by atoms with Crippen LogP contribution in [0, 0.1) is 5.82 Å². The SMILES string of the molecule is COC(=O)[C@@H](N)c1cc(F)cc(Cl)c1. The molecule has 0 amide bonds. The van der Waals surface area contributed by atoms with Gasteiger partial charge < -0.3 is 10.5 Å². The highest BCUT2D eigenvalue weighted by Gasteiger charge is 2.17. The number of rotatable bonds is 2. The van der Waals surface area contributed by atoms with Crippen molar-refractivity contribution in [3.8, 4) is 0 Å². The highest BCUT2D eigenvalue weighted by molar-refractivity contribution is 6.30. The number of ether oxygens (including phenoxy) is 1. The molecule has 0 aliphatic rings. The number of esters is 1. The zero-order valence-corrected chi connectivity index (χ0v) is 8.22. The van der Waals surface area contributed by atoms with Crippen LogP contribution in [0.3, 0.4) is 0 Å². The fraction of sp³-hybridized carbons (Fsp3) is 0.222. The monoisotopic (exact) mass is 217 g/mol. The Morgan fingerprint density at radius 1 is 1.57 bits per heavy atom. The van der Waals surface area contributed by atoms with Gasteiger partial charge in [0, 0.05) is 5.02 Å². The lowest BCUT2D eigenvalue weighted by Crippen LogP contribution is -2.22. The summed E-state index contributed by atoms with van der Waals surface area (Å²) in [5.41, 5.74) is 5.78. The molecule has 1 aromatic carbocycles. The third-order valence-corrected chi connectivity index (χ3v) is 1.92. The molecule has 2 N–H and O–H groups in total. The van der Waals surface area contributed by atoms with Crippen molar-refractivity contribution in [1.82, 2.24) is 0 Å². The first kappa shape index (κ1) is 10.9. The lowest BCUT2D eigenvalue weighted by molar-refractivity contribution is -0.142. The van der Waals surface area contributed by atoms with Gasteiger partial charge in [-0.25, -0.2) is 4.39 Å². The molecule has 0 aliphatic heterocycles. The lowest BCUT2D eigenvalue weighted by Gasteiger charge is -2.09. The fourth-order valence-corrected chi connectivity index (χ4v) is 1.25. The first-order valence-electron chi connectivity index (χ1n) is 3.84. The summed E-state index contributed by atoms with van der Waals surface area (Å²) in [5.74, 6) is -1.17. The Kier molecular flexibility index (Phi) is 3.43. The number of hydrogen-bond acceptors (Lipinski definition) is 3. The average Bonchev–Trinajstić information content (AvgIpc) is 2.14. The molecule has 0 spiro atoms. The molecule has 14 heavy (non-hydrogen) atoms. The zero-order valence-electron chi connectivity index (χ0n) is 7.46. The van der Waals surface area contributed by atoms with Crippen LogP contribution < -0.4 is 5.73 Å². The first-order chi connectivity index (χ1) is 6.54. The normalized spacial score (nSPS) is 12.3. The molecule has 0 saturated carbocycles. The maximum Gasteiger partial charge on any atom is 0.327 e. The Labute approximate surface area is 85.6 Å². The third kappa shape index (κ3) is 2.43. The zero-order chi connectivity index (χ0) is 10.7. The molecule has 3 nitrogen and oxygen atoms in total. The fourth-order valence-electron chi connectivity index (χ4n) is 1.02. The van der Waals surface area contributed by atoms with Gasteiger partial charge in [0.15, 0.2) is 0 Å². The quantitative estimate of drug-likeness (QED) is 0.767. The van der Waals surface area contributed by atoms with Gasteiger partial charge in [-0.3, -0.25) is 4.79 Å². The average molecular weight is 218 g/mol. The summed E-state index contributed by atoms with van der Waals surface area (Å²) in [5, 5.41) is 0.194. The lowest BCUT2D eigenvalue weighted by atomic mass is 10.1. The standard InChI is InChI=1S/C9H9ClFNO2/c1-14-9(13)8(12)5-2-6(10)4-7(11)3-5/h2-4,8H,12H2,1H3/t8-/m0/s1. The largest absolute Gasteiger partial charge is 0.468 e. The molecule has 0 aliphatic carbocycles. The van der Waals surface area contributed by atoms with Crippen molar-refractivity contribution in [3.05, 3.63) is 34.6 Å². The number of carbonyl (C=O) groups is 1. The van der Waals surface area contributed by atoms with Crippen LogP contribution in [0.1, 0.15) is 11.6 Å². The molecule has 0 fully saturated rings. The topological polar surface area (TPSA) is 52.3 Å². The van der Waals surface area contributed by atoms with Crippen molar-refractivity contribution >= 4 is 17.6 Å². The first-order valence-corrected chi connectivity index (χ1v) is 4.22. The Hall–Kier alpha value is -1.13. The minimum Gasteiger partial charge on any atom is -0.468 e. The smallest absolute Gasteiger partial charge is 0.327 e. The Balaban J connectivity index is 3.00. The number of benzene rings is 1. The summed E-state index contributed by atoms with van der Waals surface area (Å²) in [4.78, 5) is 11.0. The Bertz CT molecular complexity index is 336. The van der Waals surface area contributed by atoms with Crippen LogP contribution >= 0.6 is 11.6 Å². The summed E-state index contributed by atoms with van der Waals surface area (Å²) in [7, 11) is 1.21. The summed E-state index contributed by atoms with van der Waals surface area (Å²) in [6.07, 6.45) is 0. The predicted octanol–water partition coefficient (Wildman–Crippen LogP) is 1.65. The number of carbonyl (C=O) groups excluding carboxylic acids is 1. The van der Waals surface area contributed by atoms with Crippen molar-refractivity contribution in [2.75, 3.05) is 7.11 Å². The van der Waals surface area contributed by atoms with E-state index in [1.165, 1.54) is 13.2 Å². The van der Waals surface area contributed by atoms with Crippen LogP contribution in [0.15, 0.2) is 18.2 Å². The highest BCUT2D eigenvalue weighted by atomic mass is 35.5. The van der Waals surface area contributed by atoms with Gasteiger partial charge in [0.1, 0.15) is 11.9 Å². The van der Waals surface area contributed by atoms with Crippen LogP contribution in [-0.4, -0.2) is 13.1 Å². The van der Waals surface area contributed by atoms with Crippen LogP contribution in [-0.2, 0) is 9.53 Å². The molecule has 5 heteroatoms. The molecule has 76 valence electrons. The van der Waals surface area contributed by atoms with E-state index in [1.807, 2.05) is 0 Å². The third-order valence-electron chi connectivity index (χ3n) is 1.70. The van der Waals surface area contributed by atoms with E-state index in [9.17, 15) is 9.18 Å². The second-order valence-corrected chi connectivity index (χ2v) is 3.14. The van der Waals surface area contributed by atoms with Crippen molar-refractivity contribution in [2.24, 2.45) is 5.73 Å². The van der Waals surface area contributed by atoms with Gasteiger partial charge in [-0.2, -0.15) is 0 Å². The number of hydrogen-bond donors (Lipinski definition) is 1. The van der Waals surface area contributed by atoms with Crippen LogP contribution in [0.4, 0.5) is 4.39 Å². The van der Waals surface area contributed by atoms with Gasteiger partial charge in [0.25, 0.3) is 0 Å². The van der Waals surface area contributed by atoms with Gasteiger partial charge >= 0.3 is 5.97 Å². The van der Waals surface area contributed by atoms with E-state index in [1.54, 1.807) is 0 Å². The molecule has 1 atom stereocenters. The maximum absolute atomic E-state index is 12.9. The van der Waals surface area contributed by atoms with Gasteiger partial charge in [-0.1, -0.05) is 11.6 Å². The number of methoxy groups -OCH3 is 1. The Morgan fingerprint density at radius 2 is 2.21 bits per heavy atom. The number of nitrogens with two attached hydrogens (primary N) is 1. The molecule has 1 rings (SSSR count). The summed E-state index contributed by atoms with van der Waals surface area (Å²) >= 11 is 5.59. The van der Waals surface area contributed by atoms with Crippen LogP contribution in [0.2, 0.25) is 5.02 Å². The van der Waals surface area contributed by atoms with E-state index in [2.05, 4.69) is 4.74 Å².